The van der Waals surface area contributed by atoms with Gasteiger partial charge in [-0.2, -0.15) is 0 Å². The van der Waals surface area contributed by atoms with Crippen LogP contribution < -0.4 is 20.7 Å². The summed E-state index contributed by atoms with van der Waals surface area (Å²) in [5.41, 5.74) is -0.0752. The number of carbonyl (C=O) groups is 2. The van der Waals surface area contributed by atoms with Crippen LogP contribution in [0, 0.1) is 5.82 Å². The van der Waals surface area contributed by atoms with Crippen molar-refractivity contribution in [1.29, 1.82) is 0 Å². The first-order chi connectivity index (χ1) is 10.1. The zero-order chi connectivity index (χ0) is 16.9. The lowest BCUT2D eigenvalue weighted by atomic mass is 10.1. The van der Waals surface area contributed by atoms with Crippen LogP contribution in [0.15, 0.2) is 18.2 Å². The van der Waals surface area contributed by atoms with Crippen molar-refractivity contribution >= 4 is 17.6 Å². The molecule has 3 N–H and O–H groups in total. The molecule has 1 atom stereocenters. The molecule has 6 nitrogen and oxygen atoms in total. The summed E-state index contributed by atoms with van der Waals surface area (Å²) in [5.74, 6) is -0.573. The van der Waals surface area contributed by atoms with E-state index in [1.165, 1.54) is 19.2 Å². The van der Waals surface area contributed by atoms with Crippen molar-refractivity contribution < 1.29 is 18.7 Å². The molecular weight excluding hydrogens is 289 g/mol. The topological polar surface area (TPSA) is 79.5 Å². The Morgan fingerprint density at radius 2 is 1.91 bits per heavy atom. The lowest BCUT2D eigenvalue weighted by molar-refractivity contribution is -0.123. The van der Waals surface area contributed by atoms with E-state index in [2.05, 4.69) is 16.0 Å². The van der Waals surface area contributed by atoms with Crippen LogP contribution in [-0.4, -0.2) is 30.6 Å². The Bertz CT molecular complexity index is 555. The highest BCUT2D eigenvalue weighted by Crippen LogP contribution is 2.24. The molecule has 0 aliphatic heterocycles. The van der Waals surface area contributed by atoms with E-state index in [-0.39, 0.29) is 17.2 Å². The highest BCUT2D eigenvalue weighted by molar-refractivity contribution is 5.94. The van der Waals surface area contributed by atoms with E-state index in [4.69, 9.17) is 4.74 Å². The standard InChI is InChI=1S/C15H22FN3O3/c1-9(13(20)19-15(2,3)4)17-14(21)18-11-7-6-10(16)8-12(11)22-5/h6-9H,1-5H3,(H,19,20)(H2,17,18,21)/t9-/m0/s1. The van der Waals surface area contributed by atoms with Crippen molar-refractivity contribution in [2.24, 2.45) is 0 Å². The van der Waals surface area contributed by atoms with E-state index in [1.54, 1.807) is 6.92 Å². The van der Waals surface area contributed by atoms with Crippen LogP contribution in [0.5, 0.6) is 5.75 Å². The second kappa shape index (κ2) is 7.11. The molecule has 1 aromatic carbocycles. The average molecular weight is 311 g/mol. The third-order valence-corrected chi connectivity index (χ3v) is 2.65. The van der Waals surface area contributed by atoms with Crippen LogP contribution in [0.25, 0.3) is 0 Å². The molecule has 0 unspecified atom stereocenters. The molecule has 0 spiro atoms. The second-order valence-electron chi connectivity index (χ2n) is 5.90. The smallest absolute Gasteiger partial charge is 0.319 e. The van der Waals surface area contributed by atoms with Gasteiger partial charge in [-0.1, -0.05) is 0 Å². The Kier molecular flexibility index (Phi) is 5.73. The van der Waals surface area contributed by atoms with Gasteiger partial charge in [0.15, 0.2) is 0 Å². The molecule has 0 aromatic heterocycles. The molecule has 0 saturated heterocycles. The highest BCUT2D eigenvalue weighted by atomic mass is 19.1. The molecule has 1 aromatic rings. The van der Waals surface area contributed by atoms with Gasteiger partial charge in [0.25, 0.3) is 0 Å². The quantitative estimate of drug-likeness (QED) is 0.798. The Labute approximate surface area is 129 Å². The van der Waals surface area contributed by atoms with Crippen LogP contribution in [0.3, 0.4) is 0 Å². The zero-order valence-corrected chi connectivity index (χ0v) is 13.4. The van der Waals surface area contributed by atoms with Crippen molar-refractivity contribution in [3.8, 4) is 5.75 Å². The number of benzene rings is 1. The van der Waals surface area contributed by atoms with E-state index in [0.29, 0.717) is 5.69 Å². The number of carbonyl (C=O) groups excluding carboxylic acids is 2. The molecule has 7 heteroatoms. The van der Waals surface area contributed by atoms with E-state index < -0.39 is 17.9 Å². The van der Waals surface area contributed by atoms with Gasteiger partial charge < -0.3 is 20.7 Å². The van der Waals surface area contributed by atoms with Crippen molar-refractivity contribution in [3.63, 3.8) is 0 Å². The Morgan fingerprint density at radius 3 is 2.45 bits per heavy atom. The van der Waals surface area contributed by atoms with Gasteiger partial charge >= 0.3 is 6.03 Å². The summed E-state index contributed by atoms with van der Waals surface area (Å²) in [4.78, 5) is 23.8. The number of amides is 3. The molecule has 1 rings (SSSR count). The fourth-order valence-corrected chi connectivity index (χ4v) is 1.67. The molecular formula is C15H22FN3O3. The first-order valence-corrected chi connectivity index (χ1v) is 6.85. The molecule has 0 aliphatic rings. The number of anilines is 1. The summed E-state index contributed by atoms with van der Waals surface area (Å²) < 4.78 is 18.1. The van der Waals surface area contributed by atoms with E-state index in [0.717, 1.165) is 6.07 Å². The van der Waals surface area contributed by atoms with Gasteiger partial charge in [-0.3, -0.25) is 4.79 Å². The minimum Gasteiger partial charge on any atom is -0.494 e. The number of hydrogen-bond donors (Lipinski definition) is 3. The molecule has 0 aliphatic carbocycles. The summed E-state index contributed by atoms with van der Waals surface area (Å²) in [5, 5.41) is 7.78. The first kappa shape index (κ1) is 17.7. The summed E-state index contributed by atoms with van der Waals surface area (Å²) in [7, 11) is 1.37. The molecule has 0 heterocycles. The Balaban J connectivity index is 2.65. The maximum absolute atomic E-state index is 13.1. The van der Waals surface area contributed by atoms with Gasteiger partial charge in [0.05, 0.1) is 12.8 Å². The molecule has 22 heavy (non-hydrogen) atoms. The number of rotatable bonds is 4. The van der Waals surface area contributed by atoms with Crippen LogP contribution in [0.4, 0.5) is 14.9 Å². The number of halogens is 1. The number of nitrogens with one attached hydrogen (secondary N) is 3. The fraction of sp³-hybridized carbons (Fsp3) is 0.467. The van der Waals surface area contributed by atoms with Crippen LogP contribution in [-0.2, 0) is 4.79 Å². The normalized spacial score (nSPS) is 12.3. The van der Waals surface area contributed by atoms with Crippen molar-refractivity contribution in [2.45, 2.75) is 39.3 Å². The van der Waals surface area contributed by atoms with Crippen LogP contribution in [0.1, 0.15) is 27.7 Å². The molecule has 122 valence electrons. The number of urea groups is 1. The predicted molar refractivity (Wildman–Crippen MR) is 82.5 cm³/mol. The average Bonchev–Trinajstić information content (AvgIpc) is 2.38. The second-order valence-corrected chi connectivity index (χ2v) is 5.90. The minimum atomic E-state index is -0.717. The lowest BCUT2D eigenvalue weighted by Crippen LogP contribution is -2.51. The maximum Gasteiger partial charge on any atom is 0.319 e. The van der Waals surface area contributed by atoms with Gasteiger partial charge in [0.1, 0.15) is 17.6 Å². The van der Waals surface area contributed by atoms with Crippen molar-refractivity contribution in [2.75, 3.05) is 12.4 Å². The van der Waals surface area contributed by atoms with Crippen LogP contribution in [0.2, 0.25) is 0 Å². The summed E-state index contributed by atoms with van der Waals surface area (Å²) in [6.07, 6.45) is 0. The van der Waals surface area contributed by atoms with Gasteiger partial charge in [-0.25, -0.2) is 9.18 Å². The monoisotopic (exact) mass is 311 g/mol. The van der Waals surface area contributed by atoms with Gasteiger partial charge in [0.2, 0.25) is 5.91 Å². The van der Waals surface area contributed by atoms with E-state index in [1.807, 2.05) is 20.8 Å². The van der Waals surface area contributed by atoms with E-state index >= 15 is 0 Å². The fourth-order valence-electron chi connectivity index (χ4n) is 1.67. The first-order valence-electron chi connectivity index (χ1n) is 6.85. The predicted octanol–water partition coefficient (Wildman–Crippen LogP) is 2.26. The SMILES string of the molecule is COc1cc(F)ccc1NC(=O)N[C@@H](C)C(=O)NC(C)(C)C. The van der Waals surface area contributed by atoms with Gasteiger partial charge in [-0.15, -0.1) is 0 Å². The van der Waals surface area contributed by atoms with Gasteiger partial charge in [-0.05, 0) is 39.8 Å². The third-order valence-electron chi connectivity index (χ3n) is 2.65. The molecule has 0 bridgehead atoms. The lowest BCUT2D eigenvalue weighted by Gasteiger charge is -2.23. The third kappa shape index (κ3) is 5.59. The summed E-state index contributed by atoms with van der Waals surface area (Å²) >= 11 is 0. The van der Waals surface area contributed by atoms with Gasteiger partial charge in [0, 0.05) is 11.6 Å². The Hall–Kier alpha value is -2.31. The largest absolute Gasteiger partial charge is 0.494 e. The Morgan fingerprint density at radius 1 is 1.27 bits per heavy atom. The maximum atomic E-state index is 13.1. The summed E-state index contributed by atoms with van der Waals surface area (Å²) in [6.45, 7) is 7.12. The molecule has 0 saturated carbocycles. The molecule has 3 amide bonds. The van der Waals surface area contributed by atoms with E-state index in [9.17, 15) is 14.0 Å². The summed E-state index contributed by atoms with van der Waals surface area (Å²) in [6, 6.07) is 2.44. The van der Waals surface area contributed by atoms with Crippen LogP contribution >= 0.6 is 0 Å². The van der Waals surface area contributed by atoms with Crippen molar-refractivity contribution in [3.05, 3.63) is 24.0 Å². The molecule has 0 radical (unpaired) electrons. The minimum absolute atomic E-state index is 0.196. The molecule has 0 fully saturated rings. The number of ether oxygens (including phenoxy) is 1. The number of methoxy groups -OCH3 is 1. The zero-order valence-electron chi connectivity index (χ0n) is 13.4. The highest BCUT2D eigenvalue weighted by Gasteiger charge is 2.21. The van der Waals surface area contributed by atoms with Crippen molar-refractivity contribution in [1.82, 2.24) is 10.6 Å². The number of hydrogen-bond acceptors (Lipinski definition) is 3.